The van der Waals surface area contributed by atoms with Gasteiger partial charge in [0, 0.05) is 39.1 Å². The number of rotatable bonds is 22. The lowest BCUT2D eigenvalue weighted by atomic mass is 10.1. The van der Waals surface area contributed by atoms with Crippen LogP contribution in [0.1, 0.15) is 146 Å². The van der Waals surface area contributed by atoms with Crippen LogP contribution in [-0.2, 0) is 70.8 Å². The molecule has 4 aromatic rings. The van der Waals surface area contributed by atoms with Crippen molar-refractivity contribution in [1.82, 2.24) is 39.5 Å². The summed E-state index contributed by atoms with van der Waals surface area (Å²) in [6.07, 6.45) is 6.59. The number of hydrogen-bond donors (Lipinski definition) is 0. The third-order valence-corrected chi connectivity index (χ3v) is 22.3. The summed E-state index contributed by atoms with van der Waals surface area (Å²) >= 11 is 13.0. The van der Waals surface area contributed by atoms with Crippen molar-refractivity contribution in [2.45, 2.75) is 228 Å². The number of halogens is 2. The van der Waals surface area contributed by atoms with Gasteiger partial charge in [0.25, 0.3) is 0 Å². The normalized spacial score (nSPS) is 26.3. The molecule has 27 nitrogen and oxygen atoms in total. The highest BCUT2D eigenvalue weighted by Crippen LogP contribution is 2.57. The molecule has 512 valence electrons. The SMILES string of the molecule is C=CCC(COC)(OC[C@H]1O[C@@H](n2ncc3c(N(C(=O)OC(C)(C)C)C4CCCC4)nc(Cl)nc32)[C@@H]2OC(C)(C)O[C@@H]21)P(C)(C)=O.COCC(CC=O)(OC[C@H]1O[C@@H](n2ncc3c(N(C(=O)OC(C)(C)C)C4CCCC4)nc(Cl)nc32)[C@@H]2OC(C)(C)O[C@@H]21)P(C)(C)=O. The zero-order valence-electron chi connectivity index (χ0n) is 55.8. The van der Waals surface area contributed by atoms with E-state index in [1.807, 2.05) is 55.4 Å². The van der Waals surface area contributed by atoms with Crippen LogP contribution in [0.2, 0.25) is 10.6 Å². The van der Waals surface area contributed by atoms with E-state index < -0.39 is 109 Å². The second-order valence-corrected chi connectivity index (χ2v) is 35.8. The molecule has 4 aromatic heterocycles. The molecule has 4 aliphatic heterocycles. The Balaban J connectivity index is 0.000000217. The molecule has 6 fully saturated rings. The summed E-state index contributed by atoms with van der Waals surface area (Å²) in [6.45, 7) is 28.6. The molecule has 10 atom stereocenters. The van der Waals surface area contributed by atoms with Crippen LogP contribution in [0.15, 0.2) is 25.0 Å². The third-order valence-electron chi connectivity index (χ3n) is 17.2. The van der Waals surface area contributed by atoms with Crippen molar-refractivity contribution in [3.8, 4) is 0 Å². The molecule has 92 heavy (non-hydrogen) atoms. The number of ether oxygens (including phenoxy) is 12. The van der Waals surface area contributed by atoms with Crippen LogP contribution in [0.5, 0.6) is 0 Å². The Hall–Kier alpha value is -4.31. The van der Waals surface area contributed by atoms with E-state index in [9.17, 15) is 23.5 Å². The van der Waals surface area contributed by atoms with Crippen LogP contribution in [0.25, 0.3) is 22.1 Å². The average molecular weight is 1370 g/mol. The first-order chi connectivity index (χ1) is 43.0. The van der Waals surface area contributed by atoms with Gasteiger partial charge in [0.15, 0.2) is 47.0 Å². The molecule has 2 unspecified atom stereocenters. The van der Waals surface area contributed by atoms with Crippen LogP contribution in [-0.4, -0.2) is 207 Å². The standard InChI is InChI=1S/C31H47ClN5O8P.C30H45ClN5O9P/c1-10-15-31(18-40-7,46(8,9)39)41-17-21-22-23(44-30(5,6)43-22)26(42-21)37-25-20(16-33-37)24(34-27(32)35-25)36(19-13-11-12-14-19)28(38)45-29(2,3)4;1-28(2,3)45-27(38)35(18-11-9-10-12-18)23-19-15-32-36(24(19)34-26(31)33-23)25-22-21(43-29(4,5)44-22)20(42-25)16-41-30(13-14-37,17-40-6)46(7,8)39/h10,16,19,21-23,26H,1,11-15,17-18H2,2-9H3;14-15,18,20-22,25H,9-13,16-17H2,1-8H3/t21-,22-,23-,26-,31?;20-,21-,22-,25-,30?/m11/s1. The van der Waals surface area contributed by atoms with Crippen LogP contribution < -0.4 is 9.80 Å². The van der Waals surface area contributed by atoms with E-state index in [0.29, 0.717) is 46.4 Å². The number of methoxy groups -OCH3 is 2. The molecular formula is C61H92Cl2N10O17P2. The molecule has 2 saturated carbocycles. The van der Waals surface area contributed by atoms with E-state index in [1.165, 1.54) is 7.11 Å². The highest BCUT2D eigenvalue weighted by molar-refractivity contribution is 7.64. The first kappa shape index (κ1) is 72.0. The molecule has 8 heterocycles. The van der Waals surface area contributed by atoms with Gasteiger partial charge in [-0.25, -0.2) is 19.0 Å². The molecular weight excluding hydrogens is 1280 g/mol. The summed E-state index contributed by atoms with van der Waals surface area (Å²) in [5, 5.41) is 7.76. The quantitative estimate of drug-likeness (QED) is 0.0306. The van der Waals surface area contributed by atoms with Gasteiger partial charge in [-0.2, -0.15) is 30.1 Å². The molecule has 0 bridgehead atoms. The first-order valence-electron chi connectivity index (χ1n) is 31.3. The minimum absolute atomic E-state index is 0.0414. The summed E-state index contributed by atoms with van der Waals surface area (Å²) in [7, 11) is -2.82. The smallest absolute Gasteiger partial charge is 0.416 e. The number of aromatic nitrogens is 8. The molecule has 6 aliphatic rings. The molecule has 0 spiro atoms. The van der Waals surface area contributed by atoms with Crippen LogP contribution in [0.4, 0.5) is 21.2 Å². The van der Waals surface area contributed by atoms with Gasteiger partial charge in [-0.15, -0.1) is 6.58 Å². The van der Waals surface area contributed by atoms with E-state index >= 15 is 0 Å². The van der Waals surface area contributed by atoms with Crippen molar-refractivity contribution in [2.75, 3.05) is 77.1 Å². The molecule has 4 saturated heterocycles. The number of hydrogen-bond acceptors (Lipinski definition) is 23. The topological polar surface area (TPSA) is 290 Å². The summed E-state index contributed by atoms with van der Waals surface area (Å²) in [5.74, 6) is -1.23. The molecule has 2 amide bonds. The number of carbonyl (C=O) groups excluding carboxylic acids is 3. The van der Waals surface area contributed by atoms with Crippen molar-refractivity contribution in [3.05, 3.63) is 35.6 Å². The largest absolute Gasteiger partial charge is 0.443 e. The molecule has 0 N–H and O–H groups in total. The summed E-state index contributed by atoms with van der Waals surface area (Å²) < 4.78 is 103. The van der Waals surface area contributed by atoms with E-state index in [4.69, 9.17) is 80.0 Å². The summed E-state index contributed by atoms with van der Waals surface area (Å²) in [4.78, 5) is 60.1. The number of fused-ring (bicyclic) bond motifs is 4. The number of aldehydes is 1. The van der Waals surface area contributed by atoms with Gasteiger partial charge in [0.1, 0.15) is 79.1 Å². The van der Waals surface area contributed by atoms with E-state index in [2.05, 4.69) is 36.7 Å². The number of nitrogens with zero attached hydrogens (tertiary/aromatic N) is 10. The Morgan fingerprint density at radius 3 is 1.32 bits per heavy atom. The lowest BCUT2D eigenvalue weighted by molar-refractivity contribution is -0.206. The second kappa shape index (κ2) is 27.7. The number of carbonyl (C=O) groups is 3. The van der Waals surface area contributed by atoms with Gasteiger partial charge in [-0.1, -0.05) is 31.8 Å². The molecule has 10 rings (SSSR count). The Bertz CT molecular complexity index is 3190. The average Bonchev–Trinajstić information content (AvgIpc) is 1.58. The fourth-order valence-corrected chi connectivity index (χ4v) is 16.0. The lowest BCUT2D eigenvalue weighted by Crippen LogP contribution is -2.43. The van der Waals surface area contributed by atoms with Gasteiger partial charge < -0.3 is 70.8 Å². The molecule has 0 radical (unpaired) electrons. The van der Waals surface area contributed by atoms with Gasteiger partial charge in [0.2, 0.25) is 10.6 Å². The fourth-order valence-electron chi connectivity index (χ4n) is 12.9. The predicted octanol–water partition coefficient (Wildman–Crippen LogP) is 11.3. The molecule has 31 heteroatoms. The van der Waals surface area contributed by atoms with Gasteiger partial charge in [0.05, 0.1) is 49.6 Å². The monoisotopic (exact) mass is 1370 g/mol. The number of anilines is 2. The minimum atomic E-state index is -3.00. The van der Waals surface area contributed by atoms with E-state index in [0.717, 1.165) is 51.4 Å². The maximum absolute atomic E-state index is 13.6. The maximum atomic E-state index is 13.6. The van der Waals surface area contributed by atoms with E-state index in [1.54, 1.807) is 85.2 Å². The zero-order valence-corrected chi connectivity index (χ0v) is 59.1. The third kappa shape index (κ3) is 15.4. The number of amides is 2. The Morgan fingerprint density at radius 1 is 0.630 bits per heavy atom. The molecule has 2 aliphatic carbocycles. The van der Waals surface area contributed by atoms with Crippen molar-refractivity contribution in [2.24, 2.45) is 0 Å². The lowest BCUT2D eigenvalue weighted by Gasteiger charge is -2.37. The Morgan fingerprint density at radius 2 is 0.989 bits per heavy atom. The van der Waals surface area contributed by atoms with Gasteiger partial charge in [-0.05, 0) is 145 Å². The van der Waals surface area contributed by atoms with Crippen LogP contribution >= 0.6 is 37.5 Å². The molecule has 0 aromatic carbocycles. The van der Waals surface area contributed by atoms with Gasteiger partial charge >= 0.3 is 12.2 Å². The summed E-state index contributed by atoms with van der Waals surface area (Å²) in [6, 6.07) is -0.232. The summed E-state index contributed by atoms with van der Waals surface area (Å²) in [5.41, 5.74) is -0.728. The Labute approximate surface area is 547 Å². The highest BCUT2D eigenvalue weighted by Gasteiger charge is 2.60. The highest BCUT2D eigenvalue weighted by atomic mass is 35.5. The van der Waals surface area contributed by atoms with Crippen molar-refractivity contribution >= 4 is 89.7 Å². The van der Waals surface area contributed by atoms with Gasteiger partial charge in [-0.3, -0.25) is 9.80 Å². The van der Waals surface area contributed by atoms with Crippen molar-refractivity contribution in [1.29, 1.82) is 0 Å². The maximum Gasteiger partial charge on any atom is 0.416 e. The minimum Gasteiger partial charge on any atom is -0.443 e. The fraction of sp³-hybridized carbons (Fsp3) is 0.754. The van der Waals surface area contributed by atoms with E-state index in [-0.39, 0.29) is 55.5 Å². The van der Waals surface area contributed by atoms with Crippen molar-refractivity contribution in [3.63, 3.8) is 0 Å². The predicted molar refractivity (Wildman–Crippen MR) is 344 cm³/mol. The van der Waals surface area contributed by atoms with Crippen molar-refractivity contribution < 1.29 is 80.4 Å². The van der Waals surface area contributed by atoms with Crippen LogP contribution in [0.3, 0.4) is 0 Å². The second-order valence-electron chi connectivity index (χ2n) is 28.1. The zero-order chi connectivity index (χ0) is 67.3. The van der Waals surface area contributed by atoms with Crippen LogP contribution in [0, 0.1) is 0 Å². The first-order valence-corrected chi connectivity index (χ1v) is 37.2. The Kier molecular flexibility index (Phi) is 21.6.